The van der Waals surface area contributed by atoms with Gasteiger partial charge in [-0.05, 0) is 55.8 Å². The number of hydrazine groups is 1. The zero-order valence-electron chi connectivity index (χ0n) is 17.4. The van der Waals surface area contributed by atoms with E-state index in [9.17, 15) is 4.79 Å². The molecule has 1 aliphatic rings. The lowest BCUT2D eigenvalue weighted by molar-refractivity contribution is -0.119. The summed E-state index contributed by atoms with van der Waals surface area (Å²) in [5, 5.41) is 1.64. The van der Waals surface area contributed by atoms with Crippen molar-refractivity contribution in [2.45, 2.75) is 19.4 Å². The van der Waals surface area contributed by atoms with E-state index in [1.54, 1.807) is 12.1 Å². The van der Waals surface area contributed by atoms with Crippen LogP contribution in [0.5, 0.6) is 5.75 Å². The number of carbonyl (C=O) groups excluding carboxylic acids is 1. The molecule has 0 unspecified atom stereocenters. The summed E-state index contributed by atoms with van der Waals surface area (Å²) in [6, 6.07) is 27.2. The number of para-hydroxylation sites is 1. The van der Waals surface area contributed by atoms with Crippen molar-refractivity contribution in [3.05, 3.63) is 90.5 Å². The first kappa shape index (κ1) is 19.9. The zero-order chi connectivity index (χ0) is 21.1. The van der Waals surface area contributed by atoms with Crippen LogP contribution < -0.4 is 15.2 Å². The average Bonchev–Trinajstić information content (AvgIpc) is 3.07. The second kappa shape index (κ2) is 8.13. The van der Waals surface area contributed by atoms with Crippen LogP contribution >= 0.6 is 0 Å². The first-order valence-electron chi connectivity index (χ1n) is 9.94. The van der Waals surface area contributed by atoms with Crippen molar-refractivity contribution in [3.63, 3.8) is 0 Å². The number of amides is 1. The molecule has 0 bridgehead atoms. The molecule has 0 radical (unpaired) electrons. The highest BCUT2D eigenvalue weighted by molar-refractivity contribution is 6.13. The Morgan fingerprint density at radius 3 is 2.17 bits per heavy atom. The highest BCUT2D eigenvalue weighted by atomic mass is 16.5. The van der Waals surface area contributed by atoms with Crippen LogP contribution in [0.4, 0.5) is 11.4 Å². The molecule has 3 aromatic carbocycles. The quantitative estimate of drug-likeness (QED) is 0.623. The number of aliphatic imine (C=N–C) groups is 1. The smallest absolute Gasteiger partial charge is 0.252 e. The number of nitrogens with zero attached hydrogens (tertiary/aromatic N) is 2. The number of nitrogens with one attached hydrogen (secondary N) is 1. The lowest BCUT2D eigenvalue weighted by Gasteiger charge is -2.30. The highest BCUT2D eigenvalue weighted by Crippen LogP contribution is 2.39. The lowest BCUT2D eigenvalue weighted by atomic mass is 9.78. The molecular weight excluding hydrogens is 374 g/mol. The molecule has 4 rings (SSSR count). The van der Waals surface area contributed by atoms with Crippen molar-refractivity contribution in [2.24, 2.45) is 10.9 Å². The van der Waals surface area contributed by atoms with Gasteiger partial charge in [-0.2, -0.15) is 0 Å². The molecule has 1 N–H and O–H groups in total. The van der Waals surface area contributed by atoms with E-state index in [2.05, 4.69) is 12.3 Å². The lowest BCUT2D eigenvalue weighted by Crippen LogP contribution is -2.45. The van der Waals surface area contributed by atoms with E-state index in [0.717, 1.165) is 28.4 Å². The van der Waals surface area contributed by atoms with Gasteiger partial charge in [0.25, 0.3) is 5.91 Å². The van der Waals surface area contributed by atoms with Gasteiger partial charge < -0.3 is 4.74 Å². The van der Waals surface area contributed by atoms with Crippen molar-refractivity contribution in [1.82, 2.24) is 5.43 Å². The first-order valence-corrected chi connectivity index (χ1v) is 9.94. The zero-order valence-corrected chi connectivity index (χ0v) is 17.4. The molecule has 2 atom stereocenters. The summed E-state index contributed by atoms with van der Waals surface area (Å²) in [5.41, 5.74) is 6.22. The van der Waals surface area contributed by atoms with Gasteiger partial charge in [0.2, 0.25) is 0 Å². The normalized spacial score (nSPS) is 21.7. The van der Waals surface area contributed by atoms with Gasteiger partial charge in [-0.3, -0.25) is 9.79 Å². The number of benzene rings is 3. The minimum absolute atomic E-state index is 0.0256. The highest BCUT2D eigenvalue weighted by Gasteiger charge is 2.52. The molecule has 1 aliphatic heterocycles. The van der Waals surface area contributed by atoms with Crippen molar-refractivity contribution in [3.8, 4) is 5.75 Å². The maximum Gasteiger partial charge on any atom is 0.252 e. The number of hydrogen-bond donors (Lipinski definition) is 1. The molecule has 0 spiro atoms. The number of ether oxygens (including phenoxy) is 1. The van der Waals surface area contributed by atoms with Crippen LogP contribution in [0.25, 0.3) is 0 Å². The summed E-state index contributed by atoms with van der Waals surface area (Å²) in [6.45, 7) is 3.98. The maximum atomic E-state index is 13.6. The van der Waals surface area contributed by atoms with E-state index in [-0.39, 0.29) is 5.91 Å². The van der Waals surface area contributed by atoms with Crippen LogP contribution in [-0.4, -0.2) is 18.7 Å². The van der Waals surface area contributed by atoms with Crippen LogP contribution in [0.3, 0.4) is 0 Å². The topological polar surface area (TPSA) is 53.9 Å². The number of hydrogen-bond acceptors (Lipinski definition) is 4. The van der Waals surface area contributed by atoms with Gasteiger partial charge in [0.1, 0.15) is 11.7 Å². The molecule has 0 aromatic heterocycles. The number of carbonyl (C=O) groups is 1. The summed E-state index contributed by atoms with van der Waals surface area (Å²) >= 11 is 0. The molecule has 1 fully saturated rings. The van der Waals surface area contributed by atoms with Crippen LogP contribution in [0.1, 0.15) is 19.4 Å². The molecule has 1 heterocycles. The fourth-order valence-corrected chi connectivity index (χ4v) is 4.03. The molecule has 1 saturated heterocycles. The van der Waals surface area contributed by atoms with Gasteiger partial charge in [0.05, 0.1) is 24.0 Å². The Kier molecular flexibility index (Phi) is 5.38. The van der Waals surface area contributed by atoms with E-state index >= 15 is 0 Å². The maximum absolute atomic E-state index is 13.6. The molecule has 30 heavy (non-hydrogen) atoms. The van der Waals surface area contributed by atoms with Gasteiger partial charge in [-0.15, -0.1) is 0 Å². The van der Waals surface area contributed by atoms with Crippen molar-refractivity contribution >= 4 is 23.0 Å². The third-order valence-electron chi connectivity index (χ3n) is 5.57. The largest absolute Gasteiger partial charge is 0.497 e. The fraction of sp³-hybridized carbons (Fsp3) is 0.200. The summed E-state index contributed by atoms with van der Waals surface area (Å²) in [5.74, 6) is 0.291. The van der Waals surface area contributed by atoms with E-state index in [4.69, 9.17) is 9.73 Å². The van der Waals surface area contributed by atoms with Crippen LogP contribution in [0.2, 0.25) is 0 Å². The third-order valence-corrected chi connectivity index (χ3v) is 5.57. The predicted octanol–water partition coefficient (Wildman–Crippen LogP) is 4.87. The Morgan fingerprint density at radius 2 is 1.57 bits per heavy atom. The second-order valence-electron chi connectivity index (χ2n) is 7.57. The number of rotatable bonds is 5. The minimum atomic E-state index is -0.631. The molecule has 1 amide bonds. The van der Waals surface area contributed by atoms with Gasteiger partial charge in [-0.25, -0.2) is 10.4 Å². The molecular formula is C25H25N3O2. The Bertz CT molecular complexity index is 1050. The van der Waals surface area contributed by atoms with Crippen LogP contribution in [-0.2, 0) is 10.3 Å². The standard InChI is InChI=1S/C25H25N3O2/c1-18(26-20-14-16-22(30-3)17-15-20)23-24(29)28(21-12-8-5-9-13-21)27-25(23,2)19-10-6-4-7-11-19/h4-17,23,27H,1-3H3/t23-,25+/m1/s1. The van der Waals surface area contributed by atoms with Crippen LogP contribution in [0, 0.1) is 5.92 Å². The molecule has 5 heteroatoms. The SMILES string of the molecule is COc1ccc(N=C(C)[C@@H]2C(=O)N(c3ccccc3)N[C@@]2(C)c2ccccc2)cc1. The minimum Gasteiger partial charge on any atom is -0.497 e. The molecule has 0 saturated carbocycles. The summed E-state index contributed by atoms with van der Waals surface area (Å²) in [6.07, 6.45) is 0. The molecule has 152 valence electrons. The number of anilines is 1. The monoisotopic (exact) mass is 399 g/mol. The summed E-state index contributed by atoms with van der Waals surface area (Å²) in [7, 11) is 1.63. The fourth-order valence-electron chi connectivity index (χ4n) is 4.03. The van der Waals surface area contributed by atoms with Crippen molar-refractivity contribution < 1.29 is 9.53 Å². The van der Waals surface area contributed by atoms with E-state index in [0.29, 0.717) is 0 Å². The van der Waals surface area contributed by atoms with Gasteiger partial charge in [0, 0.05) is 5.71 Å². The first-order chi connectivity index (χ1) is 14.5. The Hall–Kier alpha value is -3.44. The predicted molar refractivity (Wildman–Crippen MR) is 120 cm³/mol. The van der Waals surface area contributed by atoms with Crippen LogP contribution in [0.15, 0.2) is 89.9 Å². The van der Waals surface area contributed by atoms with Gasteiger partial charge in [-0.1, -0.05) is 48.5 Å². The molecule has 3 aromatic rings. The Morgan fingerprint density at radius 1 is 0.967 bits per heavy atom. The summed E-state index contributed by atoms with van der Waals surface area (Å²) in [4.78, 5) is 18.4. The molecule has 5 nitrogen and oxygen atoms in total. The average molecular weight is 399 g/mol. The van der Waals surface area contributed by atoms with Crippen molar-refractivity contribution in [2.75, 3.05) is 12.1 Å². The third kappa shape index (κ3) is 3.60. The van der Waals surface area contributed by atoms with Gasteiger partial charge >= 0.3 is 0 Å². The number of methoxy groups -OCH3 is 1. The summed E-state index contributed by atoms with van der Waals surface area (Å²) < 4.78 is 5.23. The Labute approximate surface area is 177 Å². The van der Waals surface area contributed by atoms with Gasteiger partial charge in [0.15, 0.2) is 0 Å². The van der Waals surface area contributed by atoms with E-state index in [1.807, 2.05) is 91.9 Å². The van der Waals surface area contributed by atoms with E-state index in [1.165, 1.54) is 0 Å². The Balaban J connectivity index is 1.77. The second-order valence-corrected chi connectivity index (χ2v) is 7.57. The van der Waals surface area contributed by atoms with Crippen molar-refractivity contribution in [1.29, 1.82) is 0 Å². The van der Waals surface area contributed by atoms with E-state index < -0.39 is 11.5 Å². The molecule has 0 aliphatic carbocycles.